The lowest BCUT2D eigenvalue weighted by Gasteiger charge is -2.32. The van der Waals surface area contributed by atoms with E-state index in [0.29, 0.717) is 36.8 Å². The van der Waals surface area contributed by atoms with Crippen molar-refractivity contribution in [2.45, 2.75) is 51.5 Å². The van der Waals surface area contributed by atoms with E-state index in [2.05, 4.69) is 10.6 Å². The van der Waals surface area contributed by atoms with Crippen molar-refractivity contribution in [1.82, 2.24) is 10.2 Å². The van der Waals surface area contributed by atoms with Gasteiger partial charge in [-0.2, -0.15) is 0 Å². The lowest BCUT2D eigenvalue weighted by molar-refractivity contribution is -0.126. The highest BCUT2D eigenvalue weighted by Gasteiger charge is 2.32. The molecule has 3 rings (SSSR count). The molecule has 1 heterocycles. The summed E-state index contributed by atoms with van der Waals surface area (Å²) in [4.78, 5) is 38.4. The largest absolute Gasteiger partial charge is 0.353 e. The van der Waals surface area contributed by atoms with Gasteiger partial charge in [0.1, 0.15) is 0 Å². The van der Waals surface area contributed by atoms with Crippen molar-refractivity contribution in [3.63, 3.8) is 0 Å². The van der Waals surface area contributed by atoms with Crippen LogP contribution in [0.15, 0.2) is 24.3 Å². The van der Waals surface area contributed by atoms with Crippen LogP contribution in [0, 0.1) is 5.92 Å². The van der Waals surface area contributed by atoms with Gasteiger partial charge in [0.2, 0.25) is 11.8 Å². The first-order valence-electron chi connectivity index (χ1n) is 9.56. The molecule has 2 aliphatic rings. The zero-order chi connectivity index (χ0) is 18.5. The summed E-state index contributed by atoms with van der Waals surface area (Å²) in [5.41, 5.74) is 1.28. The van der Waals surface area contributed by atoms with Crippen LogP contribution in [0.2, 0.25) is 0 Å². The topological polar surface area (TPSA) is 78.5 Å². The molecule has 1 aromatic carbocycles. The SMILES string of the molecule is CCCC(=O)Nc1ccc(C(=O)N2CCC[C@@H](C(=O)NC3CC3)C2)cc1. The molecule has 140 valence electrons. The standard InChI is InChI=1S/C20H27N3O3/c1-2-4-18(24)21-16-8-6-14(7-9-16)20(26)23-12-3-5-15(13-23)19(25)22-17-10-11-17/h6-9,15,17H,2-5,10-13H2,1H3,(H,21,24)(H,22,25)/t15-/m1/s1. The van der Waals surface area contributed by atoms with Crippen LogP contribution < -0.4 is 10.6 Å². The van der Waals surface area contributed by atoms with Crippen molar-refractivity contribution in [2.24, 2.45) is 5.92 Å². The van der Waals surface area contributed by atoms with Crippen molar-refractivity contribution in [3.05, 3.63) is 29.8 Å². The number of nitrogens with zero attached hydrogens (tertiary/aromatic N) is 1. The summed E-state index contributed by atoms with van der Waals surface area (Å²) < 4.78 is 0. The molecule has 3 amide bonds. The number of benzene rings is 1. The Kier molecular flexibility index (Phi) is 5.91. The van der Waals surface area contributed by atoms with Crippen LogP contribution in [-0.2, 0) is 9.59 Å². The van der Waals surface area contributed by atoms with Crippen LogP contribution in [0.25, 0.3) is 0 Å². The van der Waals surface area contributed by atoms with Gasteiger partial charge in [0, 0.05) is 36.8 Å². The summed E-state index contributed by atoms with van der Waals surface area (Å²) in [6.45, 7) is 3.12. The molecule has 0 radical (unpaired) electrons. The number of amides is 3. The molecule has 2 N–H and O–H groups in total. The quantitative estimate of drug-likeness (QED) is 0.821. The number of piperidine rings is 1. The van der Waals surface area contributed by atoms with Gasteiger partial charge in [0.05, 0.1) is 5.92 Å². The third-order valence-electron chi connectivity index (χ3n) is 4.90. The predicted molar refractivity (Wildman–Crippen MR) is 99.8 cm³/mol. The molecule has 1 saturated heterocycles. The van der Waals surface area contributed by atoms with Crippen LogP contribution in [-0.4, -0.2) is 41.8 Å². The van der Waals surface area contributed by atoms with Crippen LogP contribution in [0.4, 0.5) is 5.69 Å². The second-order valence-corrected chi connectivity index (χ2v) is 7.25. The van der Waals surface area contributed by atoms with Crippen LogP contribution in [0.5, 0.6) is 0 Å². The van der Waals surface area contributed by atoms with Crippen molar-refractivity contribution in [3.8, 4) is 0 Å². The number of carbonyl (C=O) groups excluding carboxylic acids is 3. The van der Waals surface area contributed by atoms with Gasteiger partial charge >= 0.3 is 0 Å². The van der Waals surface area contributed by atoms with E-state index in [0.717, 1.165) is 32.1 Å². The first-order valence-corrected chi connectivity index (χ1v) is 9.56. The zero-order valence-corrected chi connectivity index (χ0v) is 15.3. The lowest BCUT2D eigenvalue weighted by Crippen LogP contribution is -2.45. The number of hydrogen-bond acceptors (Lipinski definition) is 3. The van der Waals surface area contributed by atoms with E-state index < -0.39 is 0 Å². The highest BCUT2D eigenvalue weighted by molar-refractivity contribution is 5.96. The number of likely N-dealkylation sites (tertiary alicyclic amines) is 1. The average molecular weight is 357 g/mol. The molecule has 0 spiro atoms. The minimum absolute atomic E-state index is 0.0212. The highest BCUT2D eigenvalue weighted by atomic mass is 16.2. The second-order valence-electron chi connectivity index (χ2n) is 7.25. The van der Waals surface area contributed by atoms with Gasteiger partial charge in [-0.15, -0.1) is 0 Å². The van der Waals surface area contributed by atoms with Crippen molar-refractivity contribution < 1.29 is 14.4 Å². The summed E-state index contributed by atoms with van der Waals surface area (Å²) in [7, 11) is 0. The van der Waals surface area contributed by atoms with E-state index in [9.17, 15) is 14.4 Å². The molecule has 0 bridgehead atoms. The molecule has 26 heavy (non-hydrogen) atoms. The predicted octanol–water partition coefficient (Wildman–Crippen LogP) is 2.56. The molecule has 1 aromatic rings. The van der Waals surface area contributed by atoms with Crippen LogP contribution in [0.3, 0.4) is 0 Å². The Balaban J connectivity index is 1.57. The summed E-state index contributed by atoms with van der Waals surface area (Å²) in [6, 6.07) is 7.32. The highest BCUT2D eigenvalue weighted by Crippen LogP contribution is 2.23. The molecule has 6 heteroatoms. The Morgan fingerprint density at radius 3 is 2.50 bits per heavy atom. The van der Waals surface area contributed by atoms with Gasteiger partial charge in [-0.05, 0) is 56.4 Å². The van der Waals surface area contributed by atoms with Gasteiger partial charge in [-0.25, -0.2) is 0 Å². The minimum Gasteiger partial charge on any atom is -0.353 e. The smallest absolute Gasteiger partial charge is 0.253 e. The fraction of sp³-hybridized carbons (Fsp3) is 0.550. The fourth-order valence-electron chi connectivity index (χ4n) is 3.25. The zero-order valence-electron chi connectivity index (χ0n) is 15.3. The first-order chi connectivity index (χ1) is 12.6. The van der Waals surface area contributed by atoms with Crippen LogP contribution in [0.1, 0.15) is 55.8 Å². The van der Waals surface area contributed by atoms with Crippen molar-refractivity contribution in [2.75, 3.05) is 18.4 Å². The van der Waals surface area contributed by atoms with E-state index in [1.807, 2.05) is 6.92 Å². The average Bonchev–Trinajstić information content (AvgIpc) is 3.46. The Hall–Kier alpha value is -2.37. The monoisotopic (exact) mass is 357 g/mol. The minimum atomic E-state index is -0.110. The normalized spacial score (nSPS) is 19.7. The molecule has 1 aliphatic heterocycles. The maximum atomic E-state index is 12.7. The molecule has 2 fully saturated rings. The van der Waals surface area contributed by atoms with Crippen LogP contribution >= 0.6 is 0 Å². The summed E-state index contributed by atoms with van der Waals surface area (Å²) in [5.74, 6) is -0.104. The number of nitrogens with one attached hydrogen (secondary N) is 2. The number of hydrogen-bond donors (Lipinski definition) is 2. The maximum Gasteiger partial charge on any atom is 0.253 e. The summed E-state index contributed by atoms with van der Waals surface area (Å²) in [5, 5.41) is 5.86. The van der Waals surface area contributed by atoms with E-state index in [1.54, 1.807) is 29.2 Å². The van der Waals surface area contributed by atoms with Gasteiger partial charge < -0.3 is 15.5 Å². The Morgan fingerprint density at radius 2 is 1.85 bits per heavy atom. The number of rotatable bonds is 6. The first kappa shape index (κ1) is 18.4. The molecule has 1 saturated carbocycles. The maximum absolute atomic E-state index is 12.7. The summed E-state index contributed by atoms with van der Waals surface area (Å²) >= 11 is 0. The second kappa shape index (κ2) is 8.34. The van der Waals surface area contributed by atoms with E-state index in [1.165, 1.54) is 0 Å². The molecule has 0 unspecified atom stereocenters. The fourth-order valence-corrected chi connectivity index (χ4v) is 3.25. The Bertz CT molecular complexity index is 667. The Morgan fingerprint density at radius 1 is 1.12 bits per heavy atom. The lowest BCUT2D eigenvalue weighted by atomic mass is 9.96. The van der Waals surface area contributed by atoms with Gasteiger partial charge in [0.15, 0.2) is 0 Å². The number of carbonyl (C=O) groups is 3. The number of anilines is 1. The van der Waals surface area contributed by atoms with Crippen molar-refractivity contribution in [1.29, 1.82) is 0 Å². The third kappa shape index (κ3) is 4.84. The molecule has 1 atom stereocenters. The molecular weight excluding hydrogens is 330 g/mol. The molecular formula is C20H27N3O3. The van der Waals surface area contributed by atoms with E-state index in [-0.39, 0.29) is 23.6 Å². The van der Waals surface area contributed by atoms with E-state index in [4.69, 9.17) is 0 Å². The van der Waals surface area contributed by atoms with Crippen molar-refractivity contribution >= 4 is 23.4 Å². The van der Waals surface area contributed by atoms with E-state index >= 15 is 0 Å². The Labute approximate surface area is 154 Å². The molecule has 1 aliphatic carbocycles. The van der Waals surface area contributed by atoms with Gasteiger partial charge in [-0.3, -0.25) is 14.4 Å². The summed E-state index contributed by atoms with van der Waals surface area (Å²) in [6.07, 6.45) is 5.11. The van der Waals surface area contributed by atoms with Gasteiger partial charge in [0.25, 0.3) is 5.91 Å². The third-order valence-corrected chi connectivity index (χ3v) is 4.90. The van der Waals surface area contributed by atoms with Gasteiger partial charge in [-0.1, -0.05) is 6.92 Å². The molecule has 0 aromatic heterocycles. The molecule has 6 nitrogen and oxygen atoms in total.